The fraction of sp³-hybridized carbons (Fsp3) is 0.529. The summed E-state index contributed by atoms with van der Waals surface area (Å²) in [5, 5.41) is 2.90. The Hall–Kier alpha value is -1.59. The van der Waals surface area contributed by atoms with E-state index in [4.69, 9.17) is 5.73 Å². The molecule has 2 amide bonds. The number of nitrogens with two attached hydrogens (primary N) is 1. The van der Waals surface area contributed by atoms with E-state index in [1.165, 1.54) is 0 Å². The second-order valence-corrected chi connectivity index (χ2v) is 5.95. The molecule has 23 heavy (non-hydrogen) atoms. The van der Waals surface area contributed by atoms with Gasteiger partial charge in [0.05, 0.1) is 0 Å². The lowest BCUT2D eigenvalue weighted by atomic mass is 9.94. The maximum absolute atomic E-state index is 12.3. The van der Waals surface area contributed by atoms with E-state index in [-0.39, 0.29) is 29.8 Å². The molecule has 1 aliphatic heterocycles. The van der Waals surface area contributed by atoms with Crippen LogP contribution in [-0.4, -0.2) is 30.4 Å². The van der Waals surface area contributed by atoms with Crippen molar-refractivity contribution < 1.29 is 9.59 Å². The van der Waals surface area contributed by atoms with Gasteiger partial charge in [-0.1, -0.05) is 19.9 Å². The van der Waals surface area contributed by atoms with Crippen LogP contribution in [0.25, 0.3) is 0 Å². The van der Waals surface area contributed by atoms with Gasteiger partial charge in [0.25, 0.3) is 5.91 Å². The van der Waals surface area contributed by atoms with Crippen molar-refractivity contribution in [3.63, 3.8) is 0 Å². The predicted octanol–water partition coefficient (Wildman–Crippen LogP) is 2.48. The number of anilines is 1. The zero-order valence-electron chi connectivity index (χ0n) is 13.8. The van der Waals surface area contributed by atoms with Gasteiger partial charge >= 0.3 is 0 Å². The molecule has 0 saturated carbocycles. The molecule has 0 atom stereocenters. The molecule has 1 aromatic rings. The molecule has 128 valence electrons. The number of rotatable bonds is 6. The zero-order chi connectivity index (χ0) is 16.2. The van der Waals surface area contributed by atoms with Crippen LogP contribution in [0.5, 0.6) is 0 Å². The summed E-state index contributed by atoms with van der Waals surface area (Å²) in [7, 11) is 0. The van der Waals surface area contributed by atoms with E-state index in [2.05, 4.69) is 5.32 Å². The number of benzene rings is 1. The molecule has 2 rings (SSSR count). The minimum atomic E-state index is -0.363. The molecule has 5 nitrogen and oxygen atoms in total. The van der Waals surface area contributed by atoms with Crippen LogP contribution in [0.1, 0.15) is 49.9 Å². The summed E-state index contributed by atoms with van der Waals surface area (Å²) in [5.41, 5.74) is 7.19. The van der Waals surface area contributed by atoms with Crippen LogP contribution in [0.15, 0.2) is 24.3 Å². The highest BCUT2D eigenvalue weighted by Crippen LogP contribution is 2.22. The van der Waals surface area contributed by atoms with Crippen molar-refractivity contribution in [1.82, 2.24) is 5.32 Å². The van der Waals surface area contributed by atoms with Crippen LogP contribution in [-0.2, 0) is 4.79 Å². The van der Waals surface area contributed by atoms with Gasteiger partial charge in [-0.3, -0.25) is 9.59 Å². The predicted molar refractivity (Wildman–Crippen MR) is 95.1 cm³/mol. The lowest BCUT2D eigenvalue weighted by molar-refractivity contribution is -0.117. The number of hydrogen-bond acceptors (Lipinski definition) is 3. The van der Waals surface area contributed by atoms with E-state index in [0.29, 0.717) is 18.5 Å². The average Bonchev–Trinajstić information content (AvgIpc) is 2.98. The Morgan fingerprint density at radius 2 is 2.04 bits per heavy atom. The van der Waals surface area contributed by atoms with Crippen LogP contribution in [0, 0.1) is 0 Å². The van der Waals surface area contributed by atoms with Crippen molar-refractivity contribution in [3.8, 4) is 0 Å². The normalized spacial score (nSPS) is 14.6. The molecule has 0 aromatic heterocycles. The van der Waals surface area contributed by atoms with Gasteiger partial charge in [0, 0.05) is 36.3 Å². The third kappa shape index (κ3) is 4.69. The molecule has 1 aliphatic rings. The monoisotopic (exact) mass is 339 g/mol. The minimum Gasteiger partial charge on any atom is -0.350 e. The highest BCUT2D eigenvalue weighted by molar-refractivity contribution is 5.99. The van der Waals surface area contributed by atoms with Crippen molar-refractivity contribution in [2.24, 2.45) is 5.73 Å². The van der Waals surface area contributed by atoms with Gasteiger partial charge < -0.3 is 16.0 Å². The van der Waals surface area contributed by atoms with Crippen molar-refractivity contribution >= 4 is 29.9 Å². The number of hydrogen-bond donors (Lipinski definition) is 2. The summed E-state index contributed by atoms with van der Waals surface area (Å²) >= 11 is 0. The second-order valence-electron chi connectivity index (χ2n) is 5.95. The van der Waals surface area contributed by atoms with Gasteiger partial charge in [0.15, 0.2) is 0 Å². The Balaban J connectivity index is 0.00000264. The fourth-order valence-corrected chi connectivity index (χ4v) is 2.59. The number of halogens is 1. The molecule has 0 aliphatic carbocycles. The van der Waals surface area contributed by atoms with Crippen LogP contribution >= 0.6 is 12.4 Å². The topological polar surface area (TPSA) is 75.4 Å². The van der Waals surface area contributed by atoms with Crippen molar-refractivity contribution in [3.05, 3.63) is 29.8 Å². The molecule has 1 saturated heterocycles. The van der Waals surface area contributed by atoms with Crippen LogP contribution < -0.4 is 16.0 Å². The fourth-order valence-electron chi connectivity index (χ4n) is 2.59. The summed E-state index contributed by atoms with van der Waals surface area (Å²) in [6.45, 7) is 5.22. The summed E-state index contributed by atoms with van der Waals surface area (Å²) in [5.74, 6) is -0.0271. The van der Waals surface area contributed by atoms with Crippen molar-refractivity contribution in [2.45, 2.75) is 45.1 Å². The average molecular weight is 340 g/mol. The third-order valence-electron chi connectivity index (χ3n) is 4.50. The summed E-state index contributed by atoms with van der Waals surface area (Å²) in [6.07, 6.45) is 3.08. The number of nitrogens with one attached hydrogen (secondary N) is 1. The van der Waals surface area contributed by atoms with Gasteiger partial charge in [0.2, 0.25) is 5.91 Å². The minimum absolute atomic E-state index is 0. The molecule has 0 unspecified atom stereocenters. The first kappa shape index (κ1) is 19.5. The number of carbonyl (C=O) groups excluding carboxylic acids is 2. The van der Waals surface area contributed by atoms with E-state index in [1.807, 2.05) is 26.0 Å². The molecule has 0 bridgehead atoms. The molecule has 3 N–H and O–H groups in total. The van der Waals surface area contributed by atoms with Gasteiger partial charge in [-0.2, -0.15) is 0 Å². The molecule has 0 spiro atoms. The SMILES string of the molecule is CCC(N)(CC)CNC(=O)c1cccc(N2CCCC2=O)c1.Cl. The number of amides is 2. The van der Waals surface area contributed by atoms with Crippen LogP contribution in [0.3, 0.4) is 0 Å². The molecule has 1 heterocycles. The Kier molecular flexibility index (Phi) is 7.03. The van der Waals surface area contributed by atoms with Gasteiger partial charge in [-0.15, -0.1) is 12.4 Å². The van der Waals surface area contributed by atoms with Gasteiger partial charge in [-0.05, 0) is 37.5 Å². The maximum atomic E-state index is 12.3. The zero-order valence-corrected chi connectivity index (χ0v) is 14.6. The quantitative estimate of drug-likeness (QED) is 0.836. The van der Waals surface area contributed by atoms with Gasteiger partial charge in [-0.25, -0.2) is 0 Å². The van der Waals surface area contributed by atoms with Crippen LogP contribution in [0.2, 0.25) is 0 Å². The first-order valence-electron chi connectivity index (χ1n) is 7.96. The first-order chi connectivity index (χ1) is 10.5. The van der Waals surface area contributed by atoms with E-state index < -0.39 is 0 Å². The van der Waals surface area contributed by atoms with Crippen molar-refractivity contribution in [1.29, 1.82) is 0 Å². The molecular formula is C17H26ClN3O2. The molecule has 0 radical (unpaired) electrons. The standard InChI is InChI=1S/C17H25N3O2.ClH/c1-3-17(18,4-2)12-19-16(22)13-7-5-8-14(11-13)20-10-6-9-15(20)21;/h5,7-8,11H,3-4,6,9-10,12,18H2,1-2H3,(H,19,22);1H. The van der Waals surface area contributed by atoms with E-state index in [9.17, 15) is 9.59 Å². The number of nitrogens with zero attached hydrogens (tertiary/aromatic N) is 1. The summed E-state index contributed by atoms with van der Waals surface area (Å²) in [6, 6.07) is 7.21. The lowest BCUT2D eigenvalue weighted by Crippen LogP contribution is -2.49. The molecule has 1 aromatic carbocycles. The van der Waals surface area contributed by atoms with E-state index >= 15 is 0 Å². The largest absolute Gasteiger partial charge is 0.350 e. The van der Waals surface area contributed by atoms with Crippen molar-refractivity contribution in [2.75, 3.05) is 18.0 Å². The summed E-state index contributed by atoms with van der Waals surface area (Å²) in [4.78, 5) is 25.8. The number of carbonyl (C=O) groups is 2. The first-order valence-corrected chi connectivity index (χ1v) is 7.96. The third-order valence-corrected chi connectivity index (χ3v) is 4.50. The maximum Gasteiger partial charge on any atom is 0.251 e. The van der Waals surface area contributed by atoms with Gasteiger partial charge in [0.1, 0.15) is 0 Å². The van der Waals surface area contributed by atoms with E-state index in [0.717, 1.165) is 31.5 Å². The second kappa shape index (κ2) is 8.31. The Labute approximate surface area is 144 Å². The van der Waals surface area contributed by atoms with Crippen LogP contribution in [0.4, 0.5) is 5.69 Å². The summed E-state index contributed by atoms with van der Waals surface area (Å²) < 4.78 is 0. The van der Waals surface area contributed by atoms with E-state index in [1.54, 1.807) is 17.0 Å². The highest BCUT2D eigenvalue weighted by atomic mass is 35.5. The molecule has 6 heteroatoms. The Morgan fingerprint density at radius 3 is 2.61 bits per heavy atom. The highest BCUT2D eigenvalue weighted by Gasteiger charge is 2.23. The lowest BCUT2D eigenvalue weighted by Gasteiger charge is -2.26. The Bertz CT molecular complexity index is 559. The molecular weight excluding hydrogens is 314 g/mol. The Morgan fingerprint density at radius 1 is 1.35 bits per heavy atom. The smallest absolute Gasteiger partial charge is 0.251 e. The molecule has 1 fully saturated rings.